The number of allylic oxidation sites excluding steroid dienone is 1. The lowest BCUT2D eigenvalue weighted by atomic mass is 9.99. The van der Waals surface area contributed by atoms with Gasteiger partial charge in [0.05, 0.1) is 12.4 Å². The summed E-state index contributed by atoms with van der Waals surface area (Å²) in [5.41, 5.74) is 3.00. The molecular formula is C25H38N2O4S. The number of nitrogens with zero attached hydrogens (tertiary/aromatic N) is 2. The second kappa shape index (κ2) is 10.6. The standard InChI is InChI=1S/C25H38N2O4S/c1-18(2)15-20-12-11-19(16-23(20)31-7)9-8-10-22(24(28)27(6)25(3,4)5)26-17-32(29,30)21-13-14-21/h10-12,16-18,21H,8-9,13-15H2,1-7H3/b22-10+,26-17+. The summed E-state index contributed by atoms with van der Waals surface area (Å²) in [5, 5.41) is -0.347. The van der Waals surface area contributed by atoms with Gasteiger partial charge >= 0.3 is 0 Å². The topological polar surface area (TPSA) is 76.0 Å². The number of methoxy groups -OCH3 is 1. The van der Waals surface area contributed by atoms with Gasteiger partial charge in [-0.25, -0.2) is 13.4 Å². The van der Waals surface area contributed by atoms with Gasteiger partial charge in [0, 0.05) is 12.6 Å². The minimum Gasteiger partial charge on any atom is -0.496 e. The van der Waals surface area contributed by atoms with E-state index >= 15 is 0 Å². The molecule has 1 fully saturated rings. The van der Waals surface area contributed by atoms with Gasteiger partial charge in [0.1, 0.15) is 17.0 Å². The number of aliphatic imine (C=N–C) groups is 1. The lowest BCUT2D eigenvalue weighted by molar-refractivity contribution is -0.129. The lowest BCUT2D eigenvalue weighted by Gasteiger charge is -2.32. The van der Waals surface area contributed by atoms with Crippen LogP contribution in [0.1, 0.15) is 65.0 Å². The van der Waals surface area contributed by atoms with Crippen molar-refractivity contribution in [3.8, 4) is 5.75 Å². The number of amides is 1. The Bertz CT molecular complexity index is 968. The van der Waals surface area contributed by atoms with Crippen molar-refractivity contribution in [1.29, 1.82) is 0 Å². The normalized spacial score (nSPS) is 15.4. The maximum atomic E-state index is 13.0. The Labute approximate surface area is 193 Å². The van der Waals surface area contributed by atoms with Crippen LogP contribution in [0.5, 0.6) is 5.75 Å². The maximum absolute atomic E-state index is 13.0. The van der Waals surface area contributed by atoms with E-state index in [-0.39, 0.29) is 16.9 Å². The van der Waals surface area contributed by atoms with Crippen molar-refractivity contribution in [2.75, 3.05) is 14.2 Å². The maximum Gasteiger partial charge on any atom is 0.272 e. The molecule has 7 heteroatoms. The fraction of sp³-hybridized carbons (Fsp3) is 0.600. The van der Waals surface area contributed by atoms with Crippen LogP contribution < -0.4 is 4.74 Å². The number of benzene rings is 1. The molecule has 6 nitrogen and oxygen atoms in total. The molecular weight excluding hydrogens is 424 g/mol. The molecule has 1 amide bonds. The second-order valence-electron chi connectivity index (χ2n) is 9.93. The van der Waals surface area contributed by atoms with E-state index in [1.807, 2.05) is 26.8 Å². The molecule has 1 aliphatic rings. The first kappa shape index (κ1) is 26.1. The SMILES string of the molecule is COc1cc(CC/C=C(/N=C/S(=O)(=O)C2CC2)C(=O)N(C)C(C)(C)C)ccc1CC(C)C. The lowest BCUT2D eigenvalue weighted by Crippen LogP contribution is -2.43. The largest absolute Gasteiger partial charge is 0.496 e. The van der Waals surface area contributed by atoms with Crippen LogP contribution in [-0.4, -0.2) is 49.7 Å². The molecule has 32 heavy (non-hydrogen) atoms. The second-order valence-corrected chi connectivity index (χ2v) is 12.0. The predicted octanol–water partition coefficient (Wildman–Crippen LogP) is 4.57. The van der Waals surface area contributed by atoms with Gasteiger partial charge in [-0.3, -0.25) is 4.79 Å². The molecule has 0 atom stereocenters. The highest BCUT2D eigenvalue weighted by Gasteiger charge is 2.34. The molecule has 0 spiro atoms. The van der Waals surface area contributed by atoms with Crippen LogP contribution in [0.15, 0.2) is 35.0 Å². The number of rotatable bonds is 10. The van der Waals surface area contributed by atoms with Gasteiger partial charge < -0.3 is 9.64 Å². The zero-order valence-corrected chi connectivity index (χ0v) is 21.3. The van der Waals surface area contributed by atoms with Crippen molar-refractivity contribution in [3.63, 3.8) is 0 Å². The summed E-state index contributed by atoms with van der Waals surface area (Å²) in [7, 11) is -0.0124. The number of hydrogen-bond acceptors (Lipinski definition) is 5. The average Bonchev–Trinajstić information content (AvgIpc) is 3.55. The Hall–Kier alpha value is -2.15. The number of aryl methyl sites for hydroxylation is 1. The third kappa shape index (κ3) is 7.47. The van der Waals surface area contributed by atoms with Crippen LogP contribution in [0.2, 0.25) is 0 Å². The summed E-state index contributed by atoms with van der Waals surface area (Å²) in [4.78, 5) is 18.7. The zero-order valence-electron chi connectivity index (χ0n) is 20.5. The van der Waals surface area contributed by atoms with Gasteiger partial charge in [-0.05, 0) is 76.0 Å². The van der Waals surface area contributed by atoms with Gasteiger partial charge in [0.15, 0.2) is 9.84 Å². The van der Waals surface area contributed by atoms with Crippen LogP contribution in [0, 0.1) is 5.92 Å². The number of likely N-dealkylation sites (N-methyl/N-ethyl adjacent to an activating group) is 1. The highest BCUT2D eigenvalue weighted by molar-refractivity contribution is 8.05. The third-order valence-electron chi connectivity index (χ3n) is 5.61. The first-order valence-electron chi connectivity index (χ1n) is 11.3. The molecule has 0 radical (unpaired) electrons. The molecule has 1 aliphatic carbocycles. The van der Waals surface area contributed by atoms with Gasteiger partial charge in [0.2, 0.25) is 0 Å². The first-order valence-corrected chi connectivity index (χ1v) is 12.9. The van der Waals surface area contributed by atoms with Gasteiger partial charge in [-0.2, -0.15) is 0 Å². The Morgan fingerprint density at radius 2 is 1.94 bits per heavy atom. The molecule has 2 rings (SSSR count). The smallest absolute Gasteiger partial charge is 0.272 e. The quantitative estimate of drug-likeness (QED) is 0.290. The molecule has 0 aromatic heterocycles. The number of ether oxygens (including phenoxy) is 1. The van der Waals surface area contributed by atoms with Crippen molar-refractivity contribution in [3.05, 3.63) is 41.1 Å². The van der Waals surface area contributed by atoms with Crippen molar-refractivity contribution in [2.24, 2.45) is 10.9 Å². The minimum atomic E-state index is -3.40. The van der Waals surface area contributed by atoms with Crippen LogP contribution in [0.3, 0.4) is 0 Å². The van der Waals surface area contributed by atoms with Crippen LogP contribution in [0.25, 0.3) is 0 Å². The third-order valence-corrected chi connectivity index (χ3v) is 7.41. The average molecular weight is 463 g/mol. The fourth-order valence-corrected chi connectivity index (χ4v) is 4.44. The van der Waals surface area contributed by atoms with E-state index in [0.717, 1.165) is 23.3 Å². The Morgan fingerprint density at radius 3 is 2.47 bits per heavy atom. The molecule has 0 unspecified atom stereocenters. The highest BCUT2D eigenvalue weighted by Crippen LogP contribution is 2.28. The Morgan fingerprint density at radius 1 is 1.28 bits per heavy atom. The number of carbonyl (C=O) groups is 1. The van der Waals surface area contributed by atoms with Gasteiger partial charge in [-0.1, -0.05) is 32.1 Å². The molecule has 0 saturated heterocycles. The molecule has 0 aliphatic heterocycles. The molecule has 0 heterocycles. The monoisotopic (exact) mass is 462 g/mol. The minimum absolute atomic E-state index is 0.162. The molecule has 1 aromatic rings. The number of hydrogen-bond donors (Lipinski definition) is 0. The number of sulfone groups is 1. The van der Waals surface area contributed by atoms with Gasteiger partial charge in [0.25, 0.3) is 5.91 Å². The molecule has 0 bridgehead atoms. The molecule has 1 aromatic carbocycles. The van der Waals surface area contributed by atoms with Crippen molar-refractivity contribution in [2.45, 2.75) is 77.5 Å². The highest BCUT2D eigenvalue weighted by atomic mass is 32.2. The van der Waals surface area contributed by atoms with Crippen LogP contribution >= 0.6 is 0 Å². The van der Waals surface area contributed by atoms with Crippen molar-refractivity contribution >= 4 is 21.3 Å². The van der Waals surface area contributed by atoms with Crippen LogP contribution in [0.4, 0.5) is 0 Å². The molecule has 178 valence electrons. The van der Waals surface area contributed by atoms with Gasteiger partial charge in [-0.15, -0.1) is 0 Å². The summed E-state index contributed by atoms with van der Waals surface area (Å²) in [6, 6.07) is 6.21. The van der Waals surface area contributed by atoms with E-state index in [0.29, 0.717) is 31.6 Å². The summed E-state index contributed by atoms with van der Waals surface area (Å²) in [6.07, 6.45) is 5.27. The fourth-order valence-electron chi connectivity index (χ4n) is 3.21. The van der Waals surface area contributed by atoms with E-state index in [2.05, 4.69) is 31.0 Å². The zero-order chi connectivity index (χ0) is 24.1. The van der Waals surface area contributed by atoms with Crippen molar-refractivity contribution in [1.82, 2.24) is 4.90 Å². The first-order chi connectivity index (χ1) is 14.8. The molecule has 1 saturated carbocycles. The summed E-state index contributed by atoms with van der Waals surface area (Å²) in [6.45, 7) is 10.1. The Balaban J connectivity index is 2.21. The summed E-state index contributed by atoms with van der Waals surface area (Å²) < 4.78 is 30.1. The van der Waals surface area contributed by atoms with E-state index in [4.69, 9.17) is 4.74 Å². The van der Waals surface area contributed by atoms with Crippen LogP contribution in [-0.2, 0) is 27.5 Å². The summed E-state index contributed by atoms with van der Waals surface area (Å²) in [5.74, 6) is 1.12. The van der Waals surface area contributed by atoms with E-state index in [1.54, 1.807) is 25.1 Å². The van der Waals surface area contributed by atoms with E-state index in [9.17, 15) is 13.2 Å². The van der Waals surface area contributed by atoms with Crippen molar-refractivity contribution < 1.29 is 17.9 Å². The number of carbonyl (C=O) groups excluding carboxylic acids is 1. The van der Waals surface area contributed by atoms with E-state index in [1.165, 1.54) is 5.56 Å². The molecule has 0 N–H and O–H groups in total. The summed E-state index contributed by atoms with van der Waals surface area (Å²) >= 11 is 0. The Kier molecular flexibility index (Phi) is 8.68. The van der Waals surface area contributed by atoms with E-state index < -0.39 is 15.4 Å². The predicted molar refractivity (Wildman–Crippen MR) is 131 cm³/mol.